The average Bonchev–Trinajstić information content (AvgIpc) is 2.76. The molecule has 2 atom stereocenters. The molecule has 1 heterocycles. The highest BCUT2D eigenvalue weighted by Gasteiger charge is 2.33. The van der Waals surface area contributed by atoms with Gasteiger partial charge in [0.15, 0.2) is 0 Å². The van der Waals surface area contributed by atoms with Crippen molar-refractivity contribution in [3.05, 3.63) is 29.3 Å². The molecule has 0 radical (unpaired) electrons. The quantitative estimate of drug-likeness (QED) is 0.865. The number of hydrogen-bond donors (Lipinski definition) is 1. The third-order valence-electron chi connectivity index (χ3n) is 4.35. The standard InChI is InChI=1S/C15H22N2O/c1-11-9-15(17-7-5-16-6-8-17)14-10-12(18-2)3-4-13(11)14/h3-4,10-11,15-16H,5-9H2,1-2H3. The number of piperazine rings is 1. The smallest absolute Gasteiger partial charge is 0.119 e. The SMILES string of the molecule is COc1ccc2c(c1)C(N1CCNCC1)CC2C. The molecule has 1 aromatic rings. The molecule has 2 aliphatic rings. The summed E-state index contributed by atoms with van der Waals surface area (Å²) in [4.78, 5) is 2.62. The maximum atomic E-state index is 5.38. The van der Waals surface area contributed by atoms with Crippen LogP contribution in [0.3, 0.4) is 0 Å². The Kier molecular flexibility index (Phi) is 3.27. The van der Waals surface area contributed by atoms with Crippen molar-refractivity contribution in [3.63, 3.8) is 0 Å². The molecule has 1 N–H and O–H groups in total. The highest BCUT2D eigenvalue weighted by Crippen LogP contribution is 2.44. The van der Waals surface area contributed by atoms with E-state index in [4.69, 9.17) is 4.74 Å². The van der Waals surface area contributed by atoms with E-state index in [1.165, 1.54) is 17.5 Å². The molecule has 3 heteroatoms. The number of rotatable bonds is 2. The van der Waals surface area contributed by atoms with Gasteiger partial charge in [0.1, 0.15) is 5.75 Å². The minimum atomic E-state index is 0.590. The van der Waals surface area contributed by atoms with E-state index in [-0.39, 0.29) is 0 Å². The van der Waals surface area contributed by atoms with Crippen LogP contribution in [0.1, 0.15) is 36.4 Å². The summed E-state index contributed by atoms with van der Waals surface area (Å²) in [5.74, 6) is 1.66. The first-order chi connectivity index (χ1) is 8.79. The number of ether oxygens (including phenoxy) is 1. The predicted molar refractivity (Wildman–Crippen MR) is 73.2 cm³/mol. The highest BCUT2D eigenvalue weighted by molar-refractivity contribution is 5.43. The molecule has 2 unspecified atom stereocenters. The second-order valence-electron chi connectivity index (χ2n) is 5.43. The number of benzene rings is 1. The summed E-state index contributed by atoms with van der Waals surface area (Å²) in [5.41, 5.74) is 3.00. The molecule has 3 rings (SSSR count). The van der Waals surface area contributed by atoms with Gasteiger partial charge < -0.3 is 10.1 Å². The second-order valence-corrected chi connectivity index (χ2v) is 5.43. The molecule has 0 saturated carbocycles. The van der Waals surface area contributed by atoms with Gasteiger partial charge in [0.05, 0.1) is 7.11 Å². The van der Waals surface area contributed by atoms with E-state index in [1.807, 2.05) is 0 Å². The molecule has 1 saturated heterocycles. The Morgan fingerprint density at radius 1 is 1.22 bits per heavy atom. The lowest BCUT2D eigenvalue weighted by molar-refractivity contribution is 0.170. The molecule has 1 aromatic carbocycles. The van der Waals surface area contributed by atoms with Gasteiger partial charge in [-0.05, 0) is 35.6 Å². The van der Waals surface area contributed by atoms with E-state index in [0.717, 1.165) is 31.9 Å². The van der Waals surface area contributed by atoms with E-state index in [1.54, 1.807) is 7.11 Å². The Hall–Kier alpha value is -1.06. The maximum absolute atomic E-state index is 5.38. The molecule has 0 aromatic heterocycles. The van der Waals surface area contributed by atoms with E-state index in [9.17, 15) is 0 Å². The summed E-state index contributed by atoms with van der Waals surface area (Å²) in [7, 11) is 1.75. The zero-order chi connectivity index (χ0) is 12.5. The molecule has 0 amide bonds. The third kappa shape index (κ3) is 2.02. The van der Waals surface area contributed by atoms with Crippen molar-refractivity contribution in [2.45, 2.75) is 25.3 Å². The highest BCUT2D eigenvalue weighted by atomic mass is 16.5. The summed E-state index contributed by atoms with van der Waals surface area (Å²) < 4.78 is 5.38. The van der Waals surface area contributed by atoms with Crippen LogP contribution in [0.5, 0.6) is 5.75 Å². The van der Waals surface area contributed by atoms with Crippen LogP contribution >= 0.6 is 0 Å². The molecule has 1 aliphatic heterocycles. The molecule has 98 valence electrons. The maximum Gasteiger partial charge on any atom is 0.119 e. The van der Waals surface area contributed by atoms with E-state index >= 15 is 0 Å². The van der Waals surface area contributed by atoms with Crippen LogP contribution in [0, 0.1) is 0 Å². The molecule has 1 fully saturated rings. The summed E-state index contributed by atoms with van der Waals surface area (Å²) in [6, 6.07) is 7.18. The molecule has 3 nitrogen and oxygen atoms in total. The minimum absolute atomic E-state index is 0.590. The van der Waals surface area contributed by atoms with E-state index in [2.05, 4.69) is 35.3 Å². The van der Waals surface area contributed by atoms with Gasteiger partial charge in [-0.2, -0.15) is 0 Å². The molecule has 0 bridgehead atoms. The topological polar surface area (TPSA) is 24.5 Å². The lowest BCUT2D eigenvalue weighted by atomic mass is 10.0. The lowest BCUT2D eigenvalue weighted by Crippen LogP contribution is -2.44. The van der Waals surface area contributed by atoms with Crippen molar-refractivity contribution in [1.29, 1.82) is 0 Å². The van der Waals surface area contributed by atoms with Gasteiger partial charge in [-0.1, -0.05) is 13.0 Å². The second kappa shape index (κ2) is 4.90. The fraction of sp³-hybridized carbons (Fsp3) is 0.600. The van der Waals surface area contributed by atoms with Crippen molar-refractivity contribution in [3.8, 4) is 5.75 Å². The summed E-state index contributed by atoms with van der Waals surface area (Å²) in [5, 5.41) is 3.43. The Labute approximate surface area is 109 Å². The van der Waals surface area contributed by atoms with Gasteiger partial charge in [-0.25, -0.2) is 0 Å². The first kappa shape index (κ1) is 12.0. The van der Waals surface area contributed by atoms with Crippen molar-refractivity contribution in [1.82, 2.24) is 10.2 Å². The normalized spacial score (nSPS) is 28.1. The first-order valence-electron chi connectivity index (χ1n) is 6.92. The number of nitrogens with zero attached hydrogens (tertiary/aromatic N) is 1. The fourth-order valence-electron chi connectivity index (χ4n) is 3.35. The van der Waals surface area contributed by atoms with Gasteiger partial charge in [0, 0.05) is 32.2 Å². The number of hydrogen-bond acceptors (Lipinski definition) is 3. The van der Waals surface area contributed by atoms with Crippen LogP contribution in [0.2, 0.25) is 0 Å². The van der Waals surface area contributed by atoms with E-state index < -0.39 is 0 Å². The minimum Gasteiger partial charge on any atom is -0.497 e. The van der Waals surface area contributed by atoms with Crippen molar-refractivity contribution >= 4 is 0 Å². The van der Waals surface area contributed by atoms with Gasteiger partial charge in [-0.15, -0.1) is 0 Å². The van der Waals surface area contributed by atoms with E-state index in [0.29, 0.717) is 12.0 Å². The fourth-order valence-corrected chi connectivity index (χ4v) is 3.35. The molecule has 18 heavy (non-hydrogen) atoms. The molecular formula is C15H22N2O. The van der Waals surface area contributed by atoms with Gasteiger partial charge in [-0.3, -0.25) is 4.90 Å². The summed E-state index contributed by atoms with van der Waals surface area (Å²) in [6.07, 6.45) is 1.25. The lowest BCUT2D eigenvalue weighted by Gasteiger charge is -2.33. The van der Waals surface area contributed by atoms with Crippen LogP contribution in [-0.2, 0) is 0 Å². The van der Waals surface area contributed by atoms with Crippen LogP contribution in [0.4, 0.5) is 0 Å². The molecular weight excluding hydrogens is 224 g/mol. The van der Waals surface area contributed by atoms with Gasteiger partial charge in [0.2, 0.25) is 0 Å². The van der Waals surface area contributed by atoms with Crippen LogP contribution in [-0.4, -0.2) is 38.2 Å². The molecule has 0 spiro atoms. The number of nitrogens with one attached hydrogen (secondary N) is 1. The zero-order valence-corrected chi connectivity index (χ0v) is 11.3. The van der Waals surface area contributed by atoms with Crippen LogP contribution in [0.15, 0.2) is 18.2 Å². The Morgan fingerprint density at radius 3 is 2.72 bits per heavy atom. The third-order valence-corrected chi connectivity index (χ3v) is 4.35. The first-order valence-corrected chi connectivity index (χ1v) is 6.92. The number of methoxy groups -OCH3 is 1. The predicted octanol–water partition coefficient (Wildman–Crippen LogP) is 2.15. The number of fused-ring (bicyclic) bond motifs is 1. The van der Waals surface area contributed by atoms with Crippen LogP contribution < -0.4 is 10.1 Å². The summed E-state index contributed by atoms with van der Waals surface area (Å²) in [6.45, 7) is 6.89. The summed E-state index contributed by atoms with van der Waals surface area (Å²) >= 11 is 0. The molecule has 1 aliphatic carbocycles. The zero-order valence-electron chi connectivity index (χ0n) is 11.3. The Bertz CT molecular complexity index is 427. The van der Waals surface area contributed by atoms with Crippen molar-refractivity contribution < 1.29 is 4.74 Å². The van der Waals surface area contributed by atoms with Crippen molar-refractivity contribution in [2.24, 2.45) is 0 Å². The average molecular weight is 246 g/mol. The van der Waals surface area contributed by atoms with Crippen LogP contribution in [0.25, 0.3) is 0 Å². The Balaban J connectivity index is 1.90. The van der Waals surface area contributed by atoms with Crippen molar-refractivity contribution in [2.75, 3.05) is 33.3 Å². The Morgan fingerprint density at radius 2 is 2.00 bits per heavy atom. The monoisotopic (exact) mass is 246 g/mol. The largest absolute Gasteiger partial charge is 0.497 e. The van der Waals surface area contributed by atoms with Gasteiger partial charge in [0.25, 0.3) is 0 Å². The van der Waals surface area contributed by atoms with Gasteiger partial charge >= 0.3 is 0 Å².